The summed E-state index contributed by atoms with van der Waals surface area (Å²) in [6.45, 7) is 0. The monoisotopic (exact) mass is 221 g/mol. The van der Waals surface area contributed by atoms with Gasteiger partial charge in [0.15, 0.2) is 0 Å². The summed E-state index contributed by atoms with van der Waals surface area (Å²) in [4.78, 5) is 3.86. The van der Waals surface area contributed by atoms with E-state index in [1.54, 1.807) is 0 Å². The highest BCUT2D eigenvalue weighted by Gasteiger charge is 2.06. The van der Waals surface area contributed by atoms with Crippen molar-refractivity contribution in [1.29, 1.82) is 0 Å². The fourth-order valence-corrected chi connectivity index (χ4v) is 1.01. The van der Waals surface area contributed by atoms with Crippen LogP contribution in [-0.2, 0) is 5.33 Å². The van der Waals surface area contributed by atoms with Crippen molar-refractivity contribution in [2.75, 3.05) is 0 Å². The topological polar surface area (TPSA) is 12.9 Å². The standard InChI is InChI=1S/C7H6BrF2N/c8-4-6-3-5(7(9)10)1-2-11-6/h1-3,7H,4H2. The van der Waals surface area contributed by atoms with Gasteiger partial charge in [0.25, 0.3) is 6.43 Å². The molecule has 0 spiro atoms. The van der Waals surface area contributed by atoms with Crippen molar-refractivity contribution >= 4 is 15.9 Å². The van der Waals surface area contributed by atoms with E-state index in [1.165, 1.54) is 18.3 Å². The van der Waals surface area contributed by atoms with Crippen LogP contribution in [0.2, 0.25) is 0 Å². The minimum atomic E-state index is -2.41. The molecule has 0 aromatic carbocycles. The van der Waals surface area contributed by atoms with Crippen LogP contribution in [-0.4, -0.2) is 4.98 Å². The first-order chi connectivity index (χ1) is 5.24. The molecule has 1 aromatic rings. The number of halogens is 3. The molecule has 0 aliphatic rings. The van der Waals surface area contributed by atoms with Crippen LogP contribution in [0.15, 0.2) is 18.3 Å². The van der Waals surface area contributed by atoms with Gasteiger partial charge in [-0.05, 0) is 12.1 Å². The Labute approximate surface area is 71.6 Å². The predicted molar refractivity (Wildman–Crippen MR) is 41.8 cm³/mol. The number of hydrogen-bond donors (Lipinski definition) is 0. The molecule has 0 atom stereocenters. The molecule has 11 heavy (non-hydrogen) atoms. The highest BCUT2D eigenvalue weighted by molar-refractivity contribution is 9.08. The molecule has 60 valence electrons. The SMILES string of the molecule is FC(F)c1ccnc(CBr)c1. The first-order valence-corrected chi connectivity index (χ1v) is 4.15. The number of alkyl halides is 3. The summed E-state index contributed by atoms with van der Waals surface area (Å²) in [5, 5.41) is 0.507. The Kier molecular flexibility index (Phi) is 2.93. The van der Waals surface area contributed by atoms with E-state index >= 15 is 0 Å². The van der Waals surface area contributed by atoms with Crippen molar-refractivity contribution in [2.45, 2.75) is 11.8 Å². The molecule has 1 nitrogen and oxygen atoms in total. The van der Waals surface area contributed by atoms with E-state index in [9.17, 15) is 8.78 Å². The fourth-order valence-electron chi connectivity index (χ4n) is 0.706. The molecule has 1 rings (SSSR count). The quantitative estimate of drug-likeness (QED) is 0.701. The van der Waals surface area contributed by atoms with Gasteiger partial charge in [-0.25, -0.2) is 8.78 Å². The first-order valence-electron chi connectivity index (χ1n) is 3.03. The minimum Gasteiger partial charge on any atom is -0.260 e. The Hall–Kier alpha value is -0.510. The third-order valence-corrected chi connectivity index (χ3v) is 1.80. The molecular weight excluding hydrogens is 216 g/mol. The van der Waals surface area contributed by atoms with Crippen molar-refractivity contribution in [2.24, 2.45) is 0 Å². The van der Waals surface area contributed by atoms with Gasteiger partial charge in [0.2, 0.25) is 0 Å². The van der Waals surface area contributed by atoms with Crippen LogP contribution in [0, 0.1) is 0 Å². The Balaban J connectivity index is 2.91. The second-order valence-corrected chi connectivity index (χ2v) is 2.58. The van der Waals surface area contributed by atoms with Crippen LogP contribution in [0.25, 0.3) is 0 Å². The average molecular weight is 222 g/mol. The van der Waals surface area contributed by atoms with Gasteiger partial charge < -0.3 is 0 Å². The molecule has 0 amide bonds. The maximum atomic E-state index is 12.0. The summed E-state index contributed by atoms with van der Waals surface area (Å²) in [5.41, 5.74) is 0.650. The van der Waals surface area contributed by atoms with Crippen LogP contribution in [0.3, 0.4) is 0 Å². The molecule has 0 saturated heterocycles. The molecule has 0 fully saturated rings. The van der Waals surface area contributed by atoms with Gasteiger partial charge >= 0.3 is 0 Å². The highest BCUT2D eigenvalue weighted by atomic mass is 79.9. The van der Waals surface area contributed by atoms with Crippen LogP contribution < -0.4 is 0 Å². The zero-order valence-corrected chi connectivity index (χ0v) is 7.18. The largest absolute Gasteiger partial charge is 0.263 e. The van der Waals surface area contributed by atoms with E-state index < -0.39 is 6.43 Å². The lowest BCUT2D eigenvalue weighted by Crippen LogP contribution is -1.89. The van der Waals surface area contributed by atoms with Gasteiger partial charge in [-0.2, -0.15) is 0 Å². The molecule has 0 aliphatic carbocycles. The third-order valence-electron chi connectivity index (χ3n) is 1.23. The van der Waals surface area contributed by atoms with E-state index in [0.717, 1.165) is 0 Å². The minimum absolute atomic E-state index is 0.0226. The lowest BCUT2D eigenvalue weighted by atomic mass is 10.2. The van der Waals surface area contributed by atoms with Gasteiger partial charge in [-0.3, -0.25) is 4.98 Å². The van der Waals surface area contributed by atoms with Crippen molar-refractivity contribution < 1.29 is 8.78 Å². The van der Waals surface area contributed by atoms with Crippen molar-refractivity contribution in [3.8, 4) is 0 Å². The van der Waals surface area contributed by atoms with Crippen LogP contribution in [0.4, 0.5) is 8.78 Å². The maximum Gasteiger partial charge on any atom is 0.263 e. The van der Waals surface area contributed by atoms with Crippen LogP contribution in [0.5, 0.6) is 0 Å². The van der Waals surface area contributed by atoms with E-state index in [4.69, 9.17) is 0 Å². The smallest absolute Gasteiger partial charge is 0.260 e. The number of rotatable bonds is 2. The zero-order valence-electron chi connectivity index (χ0n) is 5.60. The second-order valence-electron chi connectivity index (χ2n) is 2.01. The summed E-state index contributed by atoms with van der Waals surface area (Å²) in [6, 6.07) is 2.70. The molecule has 4 heteroatoms. The number of hydrogen-bond acceptors (Lipinski definition) is 1. The molecule has 1 heterocycles. The van der Waals surface area contributed by atoms with Crippen molar-refractivity contribution in [3.63, 3.8) is 0 Å². The summed E-state index contributed by atoms with van der Waals surface area (Å²) >= 11 is 3.13. The molecule has 0 bridgehead atoms. The van der Waals surface area contributed by atoms with E-state index in [-0.39, 0.29) is 5.56 Å². The van der Waals surface area contributed by atoms with Gasteiger partial charge in [0.1, 0.15) is 0 Å². The molecule has 0 unspecified atom stereocenters. The molecule has 0 radical (unpaired) electrons. The normalized spacial score (nSPS) is 10.5. The molecule has 0 saturated carbocycles. The Morgan fingerprint density at radius 2 is 2.27 bits per heavy atom. The maximum absolute atomic E-state index is 12.0. The molecular formula is C7H6BrF2N. The zero-order chi connectivity index (χ0) is 8.27. The average Bonchev–Trinajstić information content (AvgIpc) is 2.05. The Bertz CT molecular complexity index is 240. The summed E-state index contributed by atoms with van der Waals surface area (Å²) in [6.07, 6.45) is -1.02. The third kappa shape index (κ3) is 2.22. The second kappa shape index (κ2) is 3.76. The lowest BCUT2D eigenvalue weighted by Gasteiger charge is -1.99. The van der Waals surface area contributed by atoms with Crippen molar-refractivity contribution in [3.05, 3.63) is 29.6 Å². The van der Waals surface area contributed by atoms with Gasteiger partial charge in [-0.1, -0.05) is 15.9 Å². The van der Waals surface area contributed by atoms with Crippen LogP contribution in [0.1, 0.15) is 17.7 Å². The number of aromatic nitrogens is 1. The van der Waals surface area contributed by atoms with Gasteiger partial charge in [-0.15, -0.1) is 0 Å². The van der Waals surface area contributed by atoms with Gasteiger partial charge in [0, 0.05) is 17.1 Å². The van der Waals surface area contributed by atoms with Crippen LogP contribution >= 0.6 is 15.9 Å². The van der Waals surface area contributed by atoms with Crippen molar-refractivity contribution in [1.82, 2.24) is 4.98 Å². The molecule has 1 aromatic heterocycles. The highest BCUT2D eigenvalue weighted by Crippen LogP contribution is 2.18. The summed E-state index contributed by atoms with van der Waals surface area (Å²) in [5.74, 6) is 0. The number of nitrogens with zero attached hydrogens (tertiary/aromatic N) is 1. The predicted octanol–water partition coefficient (Wildman–Crippen LogP) is 2.91. The van der Waals surface area contributed by atoms with E-state index in [0.29, 0.717) is 11.0 Å². The molecule has 0 aliphatic heterocycles. The summed E-state index contributed by atoms with van der Waals surface area (Å²) < 4.78 is 24.1. The fraction of sp³-hybridized carbons (Fsp3) is 0.286. The summed E-state index contributed by atoms with van der Waals surface area (Å²) in [7, 11) is 0. The molecule has 0 N–H and O–H groups in total. The Morgan fingerprint density at radius 1 is 1.55 bits per heavy atom. The van der Waals surface area contributed by atoms with Gasteiger partial charge in [0.05, 0.1) is 5.69 Å². The van der Waals surface area contributed by atoms with E-state index in [1.807, 2.05) is 0 Å². The lowest BCUT2D eigenvalue weighted by molar-refractivity contribution is 0.151. The van der Waals surface area contributed by atoms with E-state index in [2.05, 4.69) is 20.9 Å². The Morgan fingerprint density at radius 3 is 2.82 bits per heavy atom. The number of pyridine rings is 1. The first kappa shape index (κ1) is 8.59.